The molecule has 8 heteroatoms. The monoisotopic (exact) mass is 513 g/mol. The molecule has 8 nitrogen and oxygen atoms in total. The van der Waals surface area contributed by atoms with Crippen LogP contribution < -0.4 is 20.3 Å². The molecule has 2 saturated heterocycles. The van der Waals surface area contributed by atoms with Gasteiger partial charge in [-0.25, -0.2) is 4.79 Å². The van der Waals surface area contributed by atoms with Gasteiger partial charge >= 0.3 is 6.09 Å². The van der Waals surface area contributed by atoms with Gasteiger partial charge in [-0.1, -0.05) is 36.4 Å². The lowest BCUT2D eigenvalue weighted by atomic mass is 10.0. The van der Waals surface area contributed by atoms with Crippen LogP contribution in [-0.2, 0) is 27.2 Å². The lowest BCUT2D eigenvalue weighted by Crippen LogP contribution is -2.38. The molecule has 3 aliphatic rings. The molecule has 196 valence electrons. The summed E-state index contributed by atoms with van der Waals surface area (Å²) < 4.78 is 16.8. The molecule has 1 atom stereocenters. The Labute approximate surface area is 221 Å². The molecular formula is C30H31N3O5. The second-order valence-electron chi connectivity index (χ2n) is 9.98. The molecule has 2 amide bonds. The maximum absolute atomic E-state index is 12.5. The second-order valence-corrected chi connectivity index (χ2v) is 9.98. The van der Waals surface area contributed by atoms with Crippen LogP contribution in [0.5, 0.6) is 5.75 Å². The van der Waals surface area contributed by atoms with Gasteiger partial charge in [0.25, 0.3) is 0 Å². The van der Waals surface area contributed by atoms with Crippen molar-refractivity contribution >= 4 is 23.4 Å². The van der Waals surface area contributed by atoms with E-state index in [1.165, 1.54) is 5.56 Å². The Morgan fingerprint density at radius 3 is 2.66 bits per heavy atom. The van der Waals surface area contributed by atoms with E-state index < -0.39 is 0 Å². The summed E-state index contributed by atoms with van der Waals surface area (Å²) in [4.78, 5) is 25.9. The molecule has 0 saturated carbocycles. The SMILES string of the molecule is O=C1CCc2ccc(N3C[C@H](CCNCc4cccc(-c5cccc(OC6COC6)c5)c4)OC3=O)cc2N1. The first-order valence-corrected chi connectivity index (χ1v) is 13.2. The van der Waals surface area contributed by atoms with Gasteiger partial charge < -0.3 is 24.8 Å². The second kappa shape index (κ2) is 10.8. The maximum Gasteiger partial charge on any atom is 0.414 e. The normalized spacial score (nSPS) is 18.9. The number of aryl methyl sites for hydroxylation is 1. The minimum absolute atomic E-state index is 0.00940. The summed E-state index contributed by atoms with van der Waals surface area (Å²) in [7, 11) is 0. The van der Waals surface area contributed by atoms with Gasteiger partial charge in [-0.05, 0) is 72.0 Å². The average molecular weight is 514 g/mol. The molecule has 6 rings (SSSR count). The third-order valence-corrected chi connectivity index (χ3v) is 7.15. The molecule has 0 bridgehead atoms. The predicted molar refractivity (Wildman–Crippen MR) is 144 cm³/mol. The number of hydrogen-bond donors (Lipinski definition) is 2. The number of anilines is 2. The summed E-state index contributed by atoms with van der Waals surface area (Å²) in [5.74, 6) is 0.870. The summed E-state index contributed by atoms with van der Waals surface area (Å²) in [5.41, 5.74) is 6.06. The molecule has 38 heavy (non-hydrogen) atoms. The molecule has 0 radical (unpaired) electrons. The number of rotatable bonds is 9. The van der Waals surface area contributed by atoms with Crippen molar-refractivity contribution in [3.8, 4) is 16.9 Å². The van der Waals surface area contributed by atoms with E-state index >= 15 is 0 Å². The zero-order chi connectivity index (χ0) is 25.9. The molecule has 0 spiro atoms. The van der Waals surface area contributed by atoms with Gasteiger partial charge in [0.15, 0.2) is 0 Å². The van der Waals surface area contributed by atoms with E-state index in [0.717, 1.165) is 53.3 Å². The summed E-state index contributed by atoms with van der Waals surface area (Å²) in [5, 5.41) is 6.38. The fourth-order valence-electron chi connectivity index (χ4n) is 4.99. The van der Waals surface area contributed by atoms with Crippen molar-refractivity contribution in [1.29, 1.82) is 0 Å². The van der Waals surface area contributed by atoms with E-state index in [1.807, 2.05) is 30.3 Å². The van der Waals surface area contributed by atoms with Gasteiger partial charge in [0, 0.05) is 24.3 Å². The minimum Gasteiger partial charge on any atom is -0.486 e. The first-order chi connectivity index (χ1) is 18.6. The highest BCUT2D eigenvalue weighted by Crippen LogP contribution is 2.31. The summed E-state index contributed by atoms with van der Waals surface area (Å²) >= 11 is 0. The van der Waals surface area contributed by atoms with Crippen LogP contribution in [0.1, 0.15) is 24.0 Å². The molecule has 2 fully saturated rings. The lowest BCUT2D eigenvalue weighted by molar-refractivity contribution is -0.116. The number of ether oxygens (including phenoxy) is 3. The topological polar surface area (TPSA) is 89.1 Å². The van der Waals surface area contributed by atoms with Crippen LogP contribution in [0.4, 0.5) is 16.2 Å². The van der Waals surface area contributed by atoms with Gasteiger partial charge in [0.2, 0.25) is 5.91 Å². The van der Waals surface area contributed by atoms with Crippen LogP contribution in [0.3, 0.4) is 0 Å². The Kier molecular flexibility index (Phi) is 6.98. The van der Waals surface area contributed by atoms with E-state index in [0.29, 0.717) is 32.6 Å². The first-order valence-electron chi connectivity index (χ1n) is 13.2. The van der Waals surface area contributed by atoms with Gasteiger partial charge in [0.05, 0.1) is 19.8 Å². The average Bonchev–Trinajstić information content (AvgIpc) is 3.29. The molecule has 0 aliphatic carbocycles. The van der Waals surface area contributed by atoms with E-state index in [2.05, 4.69) is 47.0 Å². The smallest absolute Gasteiger partial charge is 0.414 e. The van der Waals surface area contributed by atoms with E-state index in [-0.39, 0.29) is 24.2 Å². The highest BCUT2D eigenvalue weighted by molar-refractivity contribution is 5.96. The zero-order valence-electron chi connectivity index (χ0n) is 21.2. The third kappa shape index (κ3) is 5.51. The van der Waals surface area contributed by atoms with Crippen molar-refractivity contribution in [3.05, 3.63) is 77.9 Å². The third-order valence-electron chi connectivity index (χ3n) is 7.15. The number of hydrogen-bond acceptors (Lipinski definition) is 6. The van der Waals surface area contributed by atoms with Crippen LogP contribution in [-0.4, -0.2) is 50.5 Å². The highest BCUT2D eigenvalue weighted by atomic mass is 16.6. The molecule has 2 N–H and O–H groups in total. The Balaban J connectivity index is 1.00. The fourth-order valence-corrected chi connectivity index (χ4v) is 4.99. The van der Waals surface area contributed by atoms with Gasteiger partial charge in [-0.15, -0.1) is 0 Å². The van der Waals surface area contributed by atoms with E-state index in [9.17, 15) is 9.59 Å². The Morgan fingerprint density at radius 2 is 1.82 bits per heavy atom. The number of carbonyl (C=O) groups excluding carboxylic acids is 2. The summed E-state index contributed by atoms with van der Waals surface area (Å²) in [6.45, 7) is 3.24. The minimum atomic E-state index is -0.346. The van der Waals surface area contributed by atoms with Gasteiger partial charge in [-0.3, -0.25) is 9.69 Å². The van der Waals surface area contributed by atoms with Crippen molar-refractivity contribution in [2.24, 2.45) is 0 Å². The standard InChI is InChI=1S/C30H31N3O5/c34-29-10-8-21-7-9-24(15-28(21)32-29)33-17-26(38-30(33)35)11-12-31-16-20-3-1-4-22(13-20)23-5-2-6-25(14-23)37-27-18-36-19-27/h1-7,9,13-15,26-27,31H,8,10-12,16-19H2,(H,32,34)/t26-/m0/s1. The van der Waals surface area contributed by atoms with E-state index in [1.54, 1.807) is 4.90 Å². The number of nitrogens with zero attached hydrogens (tertiary/aromatic N) is 1. The summed E-state index contributed by atoms with van der Waals surface area (Å²) in [6, 6.07) is 22.4. The molecule has 0 unspecified atom stereocenters. The van der Waals surface area contributed by atoms with Gasteiger partial charge in [0.1, 0.15) is 18.0 Å². The number of nitrogens with one attached hydrogen (secondary N) is 2. The van der Waals surface area contributed by atoms with Crippen molar-refractivity contribution in [2.45, 2.75) is 38.0 Å². The number of fused-ring (bicyclic) bond motifs is 1. The largest absolute Gasteiger partial charge is 0.486 e. The highest BCUT2D eigenvalue weighted by Gasteiger charge is 2.32. The number of cyclic esters (lactones) is 1. The van der Waals surface area contributed by atoms with Crippen LogP contribution in [0.2, 0.25) is 0 Å². The molecular weight excluding hydrogens is 482 g/mol. The fraction of sp³-hybridized carbons (Fsp3) is 0.333. The van der Waals surface area contributed by atoms with Crippen molar-refractivity contribution < 1.29 is 23.8 Å². The molecule has 0 aromatic heterocycles. The molecule has 3 aliphatic heterocycles. The van der Waals surface area contributed by atoms with Crippen molar-refractivity contribution in [1.82, 2.24) is 5.32 Å². The first kappa shape index (κ1) is 24.5. The lowest BCUT2D eigenvalue weighted by Gasteiger charge is -2.26. The summed E-state index contributed by atoms with van der Waals surface area (Å²) in [6.07, 6.45) is 1.55. The molecule has 3 aromatic rings. The van der Waals surface area contributed by atoms with Crippen molar-refractivity contribution in [2.75, 3.05) is 36.5 Å². The quantitative estimate of drug-likeness (QED) is 0.409. The van der Waals surface area contributed by atoms with Crippen LogP contribution >= 0.6 is 0 Å². The molecule has 3 heterocycles. The molecule has 3 aromatic carbocycles. The maximum atomic E-state index is 12.5. The van der Waals surface area contributed by atoms with Crippen LogP contribution in [0.25, 0.3) is 11.1 Å². The van der Waals surface area contributed by atoms with Crippen LogP contribution in [0, 0.1) is 0 Å². The van der Waals surface area contributed by atoms with Gasteiger partial charge in [-0.2, -0.15) is 0 Å². The van der Waals surface area contributed by atoms with E-state index in [4.69, 9.17) is 14.2 Å². The predicted octanol–water partition coefficient (Wildman–Crippen LogP) is 4.52. The Bertz CT molecular complexity index is 1340. The number of amides is 2. The Hall–Kier alpha value is -3.88. The zero-order valence-corrected chi connectivity index (χ0v) is 21.2. The number of benzene rings is 3. The van der Waals surface area contributed by atoms with Crippen LogP contribution in [0.15, 0.2) is 66.7 Å². The number of carbonyl (C=O) groups is 2. The van der Waals surface area contributed by atoms with Crippen molar-refractivity contribution in [3.63, 3.8) is 0 Å². The Morgan fingerprint density at radius 1 is 0.974 bits per heavy atom.